The summed E-state index contributed by atoms with van der Waals surface area (Å²) in [7, 11) is 0. The Labute approximate surface area is 162 Å². The van der Waals surface area contributed by atoms with E-state index < -0.39 is 12.8 Å². The zero-order valence-electron chi connectivity index (χ0n) is 14.0. The average Bonchev–Trinajstić information content (AvgIpc) is 3.24. The predicted octanol–water partition coefficient (Wildman–Crippen LogP) is 2.87. The third-order valence-electron chi connectivity index (χ3n) is 4.76. The molecule has 2 aliphatic rings. The highest BCUT2D eigenvalue weighted by Crippen LogP contribution is 2.58. The third kappa shape index (κ3) is 5.89. The molecular weight excluding hydrogens is 394 g/mol. The van der Waals surface area contributed by atoms with Crippen molar-refractivity contribution in [2.24, 2.45) is 11.3 Å². The average molecular weight is 416 g/mol. The van der Waals surface area contributed by atoms with Gasteiger partial charge in [-0.25, -0.2) is 4.98 Å². The van der Waals surface area contributed by atoms with Gasteiger partial charge < -0.3 is 15.4 Å². The molecule has 1 aliphatic heterocycles. The maximum atomic E-state index is 12.3. The van der Waals surface area contributed by atoms with E-state index in [1.807, 2.05) is 0 Å². The van der Waals surface area contributed by atoms with Crippen molar-refractivity contribution in [1.29, 1.82) is 0 Å². The van der Waals surface area contributed by atoms with Gasteiger partial charge >= 0.3 is 6.18 Å². The number of halogens is 5. The first kappa shape index (κ1) is 22.8. The number of nitrogens with zero attached hydrogens (tertiary/aromatic N) is 1. The van der Waals surface area contributed by atoms with Crippen molar-refractivity contribution in [3.05, 3.63) is 23.9 Å². The van der Waals surface area contributed by atoms with Gasteiger partial charge in [-0.05, 0) is 49.4 Å². The molecule has 2 fully saturated rings. The Morgan fingerprint density at radius 2 is 2.04 bits per heavy atom. The lowest BCUT2D eigenvalue weighted by Gasteiger charge is -2.23. The van der Waals surface area contributed by atoms with Crippen molar-refractivity contribution < 1.29 is 22.7 Å². The van der Waals surface area contributed by atoms with E-state index in [4.69, 9.17) is 0 Å². The van der Waals surface area contributed by atoms with E-state index in [1.165, 1.54) is 12.3 Å². The van der Waals surface area contributed by atoms with Gasteiger partial charge in [0, 0.05) is 24.7 Å². The van der Waals surface area contributed by atoms with Crippen LogP contribution in [0.3, 0.4) is 0 Å². The van der Waals surface area contributed by atoms with Gasteiger partial charge in [-0.15, -0.1) is 24.8 Å². The van der Waals surface area contributed by atoms with E-state index in [0.717, 1.165) is 32.4 Å². The largest absolute Gasteiger partial charge is 0.468 e. The van der Waals surface area contributed by atoms with Crippen LogP contribution in [0.15, 0.2) is 18.3 Å². The van der Waals surface area contributed by atoms with Gasteiger partial charge in [0.2, 0.25) is 11.8 Å². The number of ether oxygens (including phenoxy) is 1. The molecule has 1 saturated heterocycles. The molecule has 1 spiro atoms. The van der Waals surface area contributed by atoms with Crippen molar-refractivity contribution >= 4 is 30.7 Å². The zero-order chi connectivity index (χ0) is 17.2. The third-order valence-corrected chi connectivity index (χ3v) is 4.76. The van der Waals surface area contributed by atoms with Crippen molar-refractivity contribution in [3.63, 3.8) is 0 Å². The quantitative estimate of drug-likeness (QED) is 0.775. The number of pyridine rings is 1. The minimum Gasteiger partial charge on any atom is -0.468 e. The lowest BCUT2D eigenvalue weighted by Crippen LogP contribution is -2.33. The Morgan fingerprint density at radius 1 is 1.35 bits per heavy atom. The van der Waals surface area contributed by atoms with E-state index in [1.54, 1.807) is 6.07 Å². The summed E-state index contributed by atoms with van der Waals surface area (Å²) in [5.74, 6) is -0.0193. The first-order valence-corrected chi connectivity index (χ1v) is 8.01. The number of hydrogen-bond donors (Lipinski definition) is 2. The summed E-state index contributed by atoms with van der Waals surface area (Å²) in [6.07, 6.45) is -0.0536. The number of aromatic nitrogens is 1. The maximum absolute atomic E-state index is 12.3. The van der Waals surface area contributed by atoms with E-state index in [-0.39, 0.29) is 54.5 Å². The molecule has 10 heteroatoms. The number of piperidine rings is 1. The van der Waals surface area contributed by atoms with Crippen LogP contribution in [-0.2, 0) is 11.3 Å². The van der Waals surface area contributed by atoms with Crippen LogP contribution in [0.2, 0.25) is 0 Å². The second-order valence-electron chi connectivity index (χ2n) is 6.49. The lowest BCUT2D eigenvalue weighted by molar-refractivity contribution is -0.154. The first-order chi connectivity index (χ1) is 11.4. The van der Waals surface area contributed by atoms with Crippen molar-refractivity contribution in [2.75, 3.05) is 19.7 Å². The molecule has 0 bridgehead atoms. The molecule has 1 atom stereocenters. The number of alkyl halides is 3. The summed E-state index contributed by atoms with van der Waals surface area (Å²) < 4.78 is 41.1. The fraction of sp³-hybridized carbons (Fsp3) is 0.625. The molecule has 1 aromatic rings. The Balaban J connectivity index is 0.00000169. The highest BCUT2D eigenvalue weighted by Gasteiger charge is 2.57. The van der Waals surface area contributed by atoms with Crippen molar-refractivity contribution in [3.8, 4) is 5.88 Å². The number of hydrogen-bond acceptors (Lipinski definition) is 4. The van der Waals surface area contributed by atoms with Crippen LogP contribution in [-0.4, -0.2) is 36.8 Å². The van der Waals surface area contributed by atoms with Gasteiger partial charge in [0.1, 0.15) is 0 Å². The van der Waals surface area contributed by atoms with Crippen LogP contribution in [0.1, 0.15) is 24.8 Å². The minimum absolute atomic E-state index is 0. The summed E-state index contributed by atoms with van der Waals surface area (Å²) in [6.45, 7) is 0.783. The highest BCUT2D eigenvalue weighted by molar-refractivity contribution is 5.85. The van der Waals surface area contributed by atoms with Gasteiger partial charge in [-0.3, -0.25) is 4.79 Å². The van der Waals surface area contributed by atoms with Gasteiger partial charge in [0.25, 0.3) is 0 Å². The van der Waals surface area contributed by atoms with E-state index in [9.17, 15) is 18.0 Å². The standard InChI is InChI=1S/C16H20F3N3O2.2ClH/c17-16(18,19)10-24-13-7-11(1-4-21-13)9-22-14(23)12-8-15(12)2-5-20-6-3-15;;/h1,4,7,12,20H,2-3,5-6,8-10H2,(H,22,23);2*1H. The summed E-state index contributed by atoms with van der Waals surface area (Å²) in [5, 5.41) is 6.16. The van der Waals surface area contributed by atoms with E-state index in [2.05, 4.69) is 20.4 Å². The number of amides is 1. The number of rotatable bonds is 5. The summed E-state index contributed by atoms with van der Waals surface area (Å²) in [5.41, 5.74) is 0.824. The molecule has 1 amide bonds. The van der Waals surface area contributed by atoms with Gasteiger partial charge in [0.15, 0.2) is 6.61 Å². The number of nitrogens with one attached hydrogen (secondary N) is 2. The SMILES string of the molecule is Cl.Cl.O=C(NCc1ccnc(OCC(F)(F)F)c1)C1CC12CCNCC2. The van der Waals surface area contributed by atoms with Crippen LogP contribution in [0, 0.1) is 11.3 Å². The second kappa shape index (κ2) is 9.10. The van der Waals surface area contributed by atoms with E-state index in [0.29, 0.717) is 5.56 Å². The van der Waals surface area contributed by atoms with Crippen molar-refractivity contribution in [2.45, 2.75) is 32.0 Å². The smallest absolute Gasteiger partial charge is 0.422 e. The number of carbonyl (C=O) groups excluding carboxylic acids is 1. The molecule has 0 aromatic carbocycles. The summed E-state index contributed by atoms with van der Waals surface area (Å²) in [4.78, 5) is 16.0. The monoisotopic (exact) mass is 415 g/mol. The number of carbonyl (C=O) groups is 1. The van der Waals surface area contributed by atoms with Crippen LogP contribution < -0.4 is 15.4 Å². The Morgan fingerprint density at radius 3 is 2.69 bits per heavy atom. The molecule has 148 valence electrons. The maximum Gasteiger partial charge on any atom is 0.422 e. The molecule has 1 unspecified atom stereocenters. The molecule has 1 aromatic heterocycles. The Bertz CT molecular complexity index is 611. The summed E-state index contributed by atoms with van der Waals surface area (Å²) in [6, 6.07) is 3.06. The molecule has 3 rings (SSSR count). The topological polar surface area (TPSA) is 63.2 Å². The van der Waals surface area contributed by atoms with Crippen LogP contribution in [0.25, 0.3) is 0 Å². The van der Waals surface area contributed by atoms with Gasteiger partial charge in [-0.2, -0.15) is 13.2 Å². The molecule has 1 saturated carbocycles. The van der Waals surface area contributed by atoms with Gasteiger partial charge in [0.05, 0.1) is 0 Å². The molecule has 5 nitrogen and oxygen atoms in total. The fourth-order valence-corrected chi connectivity index (χ4v) is 3.30. The second-order valence-corrected chi connectivity index (χ2v) is 6.49. The minimum atomic E-state index is -4.40. The molecule has 2 N–H and O–H groups in total. The molecular formula is C16H22Cl2F3N3O2. The molecule has 26 heavy (non-hydrogen) atoms. The van der Waals surface area contributed by atoms with Crippen LogP contribution in [0.4, 0.5) is 13.2 Å². The first-order valence-electron chi connectivity index (χ1n) is 8.01. The molecule has 1 aliphatic carbocycles. The lowest BCUT2D eigenvalue weighted by atomic mass is 9.92. The molecule has 2 heterocycles. The Hall–Kier alpha value is -1.25. The highest BCUT2D eigenvalue weighted by atomic mass is 35.5. The van der Waals surface area contributed by atoms with Crippen molar-refractivity contribution in [1.82, 2.24) is 15.6 Å². The van der Waals surface area contributed by atoms with Crippen LogP contribution >= 0.6 is 24.8 Å². The normalized spacial score (nSPS) is 20.5. The van der Waals surface area contributed by atoms with Gasteiger partial charge in [-0.1, -0.05) is 0 Å². The fourth-order valence-electron chi connectivity index (χ4n) is 3.30. The van der Waals surface area contributed by atoms with Crippen LogP contribution in [0.5, 0.6) is 5.88 Å². The predicted molar refractivity (Wildman–Crippen MR) is 94.8 cm³/mol. The van der Waals surface area contributed by atoms with E-state index >= 15 is 0 Å². The zero-order valence-corrected chi connectivity index (χ0v) is 15.6. The molecule has 0 radical (unpaired) electrons. The Kier molecular flexibility index (Phi) is 7.98. The summed E-state index contributed by atoms with van der Waals surface area (Å²) >= 11 is 0.